The second-order valence-electron chi connectivity index (χ2n) is 8.73. The van der Waals surface area contributed by atoms with Crippen LogP contribution in [0.5, 0.6) is 0 Å². The molecule has 0 saturated carbocycles. The number of hydrogen-bond donors (Lipinski definition) is 1. The molecule has 182 valence electrons. The minimum absolute atomic E-state index is 0.00829. The van der Waals surface area contributed by atoms with E-state index in [0.29, 0.717) is 19.6 Å². The van der Waals surface area contributed by atoms with Crippen molar-refractivity contribution in [1.29, 1.82) is 0 Å². The van der Waals surface area contributed by atoms with E-state index in [2.05, 4.69) is 12.1 Å². The van der Waals surface area contributed by atoms with Crippen molar-refractivity contribution in [2.24, 2.45) is 0 Å². The van der Waals surface area contributed by atoms with Crippen LogP contribution < -0.4 is 0 Å². The third-order valence-corrected chi connectivity index (χ3v) is 5.68. The molecule has 0 heterocycles. The number of carbonyl (C=O) groups excluding carboxylic acids is 1. The molecule has 1 aromatic rings. The van der Waals surface area contributed by atoms with Gasteiger partial charge in [-0.2, -0.15) is 0 Å². The van der Waals surface area contributed by atoms with Crippen molar-refractivity contribution in [2.45, 2.75) is 116 Å². The molecule has 32 heavy (non-hydrogen) atoms. The van der Waals surface area contributed by atoms with Crippen LogP contribution in [0.15, 0.2) is 30.3 Å². The van der Waals surface area contributed by atoms with Gasteiger partial charge in [-0.1, -0.05) is 88.1 Å². The number of ether oxygens (including phenoxy) is 2. The van der Waals surface area contributed by atoms with Crippen LogP contribution in [-0.2, 0) is 25.7 Å². The lowest BCUT2D eigenvalue weighted by molar-refractivity contribution is -0.147. The molecule has 0 aromatic heterocycles. The number of aliphatic carboxylic acids is 1. The monoisotopic (exact) mass is 448 g/mol. The zero-order chi connectivity index (χ0) is 23.3. The lowest BCUT2D eigenvalue weighted by Gasteiger charge is -2.17. The van der Waals surface area contributed by atoms with E-state index >= 15 is 0 Å². The molecule has 5 nitrogen and oxygen atoms in total. The van der Waals surface area contributed by atoms with Gasteiger partial charge in [0.1, 0.15) is 6.10 Å². The van der Waals surface area contributed by atoms with Gasteiger partial charge in [-0.15, -0.1) is 0 Å². The lowest BCUT2D eigenvalue weighted by Crippen LogP contribution is -2.17. The zero-order valence-electron chi connectivity index (χ0n) is 20.1. The average Bonchev–Trinajstić information content (AvgIpc) is 2.76. The lowest BCUT2D eigenvalue weighted by atomic mass is 10.0. The van der Waals surface area contributed by atoms with Gasteiger partial charge in [-0.3, -0.25) is 9.59 Å². The average molecular weight is 449 g/mol. The van der Waals surface area contributed by atoms with E-state index in [1.165, 1.54) is 57.4 Å². The van der Waals surface area contributed by atoms with Crippen LogP contribution in [0.3, 0.4) is 0 Å². The van der Waals surface area contributed by atoms with E-state index in [0.717, 1.165) is 44.9 Å². The van der Waals surface area contributed by atoms with Crippen LogP contribution in [-0.4, -0.2) is 29.8 Å². The number of benzene rings is 1. The molecule has 5 heteroatoms. The number of esters is 1. The SMILES string of the molecule is CC(=O)OC(CCCCCCCCCCCCCC(=O)O)CCCOCc1ccccc1. The summed E-state index contributed by atoms with van der Waals surface area (Å²) in [6.45, 7) is 2.81. The Hall–Kier alpha value is -1.88. The summed E-state index contributed by atoms with van der Waals surface area (Å²) in [6, 6.07) is 10.2. The smallest absolute Gasteiger partial charge is 0.303 e. The molecule has 0 saturated heterocycles. The van der Waals surface area contributed by atoms with Gasteiger partial charge in [0.15, 0.2) is 0 Å². The van der Waals surface area contributed by atoms with E-state index in [4.69, 9.17) is 14.6 Å². The maximum Gasteiger partial charge on any atom is 0.303 e. The van der Waals surface area contributed by atoms with Crippen molar-refractivity contribution in [3.05, 3.63) is 35.9 Å². The fourth-order valence-electron chi connectivity index (χ4n) is 3.91. The van der Waals surface area contributed by atoms with E-state index in [9.17, 15) is 9.59 Å². The molecule has 1 aromatic carbocycles. The predicted octanol–water partition coefficient (Wildman–Crippen LogP) is 7.07. The standard InChI is InChI=1S/C27H44O5/c1-24(28)32-26(20-16-22-31-23-25-17-12-11-13-18-25)19-14-9-7-5-3-2-4-6-8-10-15-21-27(29)30/h11-13,17-18,26H,2-10,14-16,19-23H2,1H3,(H,29,30). The first-order valence-corrected chi connectivity index (χ1v) is 12.6. The van der Waals surface area contributed by atoms with E-state index < -0.39 is 5.97 Å². The second kappa shape index (κ2) is 19.8. The molecule has 0 aliphatic heterocycles. The molecule has 0 aliphatic rings. The minimum Gasteiger partial charge on any atom is -0.481 e. The Morgan fingerprint density at radius 3 is 1.88 bits per heavy atom. The Bertz CT molecular complexity index is 587. The molecule has 0 fully saturated rings. The fraction of sp³-hybridized carbons (Fsp3) is 0.704. The van der Waals surface area contributed by atoms with Crippen LogP contribution in [0, 0.1) is 0 Å². The van der Waals surface area contributed by atoms with Crippen molar-refractivity contribution in [3.8, 4) is 0 Å². The first-order chi connectivity index (χ1) is 15.6. The number of rotatable bonds is 21. The van der Waals surface area contributed by atoms with Gasteiger partial charge in [0.2, 0.25) is 0 Å². The number of unbranched alkanes of at least 4 members (excludes halogenated alkanes) is 10. The van der Waals surface area contributed by atoms with Gasteiger partial charge in [-0.25, -0.2) is 0 Å². The Balaban J connectivity index is 1.96. The molecule has 0 spiro atoms. The van der Waals surface area contributed by atoms with Gasteiger partial charge in [-0.05, 0) is 37.7 Å². The van der Waals surface area contributed by atoms with E-state index in [1.807, 2.05) is 18.2 Å². The summed E-state index contributed by atoms with van der Waals surface area (Å²) >= 11 is 0. The molecule has 0 aliphatic carbocycles. The van der Waals surface area contributed by atoms with E-state index in [1.54, 1.807) is 0 Å². The van der Waals surface area contributed by atoms with Gasteiger partial charge in [0.05, 0.1) is 6.61 Å². The Morgan fingerprint density at radius 2 is 1.31 bits per heavy atom. The first-order valence-electron chi connectivity index (χ1n) is 12.6. The topological polar surface area (TPSA) is 72.8 Å². The summed E-state index contributed by atoms with van der Waals surface area (Å²) in [6.07, 6.45) is 15.9. The number of carboxylic acid groups (broad SMARTS) is 1. The molecule has 0 bridgehead atoms. The maximum absolute atomic E-state index is 11.4. The number of hydrogen-bond acceptors (Lipinski definition) is 4. The van der Waals surface area contributed by atoms with Gasteiger partial charge >= 0.3 is 11.9 Å². The van der Waals surface area contributed by atoms with Gasteiger partial charge in [0.25, 0.3) is 0 Å². The Morgan fingerprint density at radius 1 is 0.781 bits per heavy atom. The van der Waals surface area contributed by atoms with Crippen molar-refractivity contribution < 1.29 is 24.2 Å². The van der Waals surface area contributed by atoms with Crippen molar-refractivity contribution in [3.63, 3.8) is 0 Å². The number of carboxylic acids is 1. The summed E-state index contributed by atoms with van der Waals surface area (Å²) in [5.74, 6) is -0.875. The van der Waals surface area contributed by atoms with Gasteiger partial charge < -0.3 is 14.6 Å². The van der Waals surface area contributed by atoms with E-state index in [-0.39, 0.29) is 12.1 Å². The summed E-state index contributed by atoms with van der Waals surface area (Å²) in [5, 5.41) is 8.61. The minimum atomic E-state index is -0.683. The highest BCUT2D eigenvalue weighted by Crippen LogP contribution is 2.16. The third-order valence-electron chi connectivity index (χ3n) is 5.68. The summed E-state index contributed by atoms with van der Waals surface area (Å²) in [7, 11) is 0. The van der Waals surface area contributed by atoms with Crippen molar-refractivity contribution >= 4 is 11.9 Å². The highest BCUT2D eigenvalue weighted by Gasteiger charge is 2.11. The molecule has 0 amide bonds. The highest BCUT2D eigenvalue weighted by atomic mass is 16.5. The van der Waals surface area contributed by atoms with Crippen LogP contribution in [0.2, 0.25) is 0 Å². The fourth-order valence-corrected chi connectivity index (χ4v) is 3.91. The van der Waals surface area contributed by atoms with Crippen LogP contribution in [0.1, 0.15) is 109 Å². The summed E-state index contributed by atoms with van der Waals surface area (Å²) in [4.78, 5) is 21.9. The zero-order valence-corrected chi connectivity index (χ0v) is 20.1. The van der Waals surface area contributed by atoms with Crippen LogP contribution >= 0.6 is 0 Å². The third kappa shape index (κ3) is 17.8. The van der Waals surface area contributed by atoms with Crippen molar-refractivity contribution in [1.82, 2.24) is 0 Å². The normalized spacial score (nSPS) is 11.9. The Labute approximate surface area is 194 Å². The largest absolute Gasteiger partial charge is 0.481 e. The van der Waals surface area contributed by atoms with Crippen molar-refractivity contribution in [2.75, 3.05) is 6.61 Å². The summed E-state index contributed by atoms with van der Waals surface area (Å²) in [5.41, 5.74) is 1.18. The molecular weight excluding hydrogens is 404 g/mol. The second-order valence-corrected chi connectivity index (χ2v) is 8.73. The molecule has 1 atom stereocenters. The van der Waals surface area contributed by atoms with Crippen LogP contribution in [0.4, 0.5) is 0 Å². The molecule has 1 N–H and O–H groups in total. The molecule has 1 unspecified atom stereocenters. The summed E-state index contributed by atoms with van der Waals surface area (Å²) < 4.78 is 11.2. The predicted molar refractivity (Wildman–Crippen MR) is 129 cm³/mol. The number of carbonyl (C=O) groups is 2. The maximum atomic E-state index is 11.4. The highest BCUT2D eigenvalue weighted by molar-refractivity contribution is 5.66. The quantitative estimate of drug-likeness (QED) is 0.161. The molecule has 0 radical (unpaired) electrons. The first kappa shape index (κ1) is 28.2. The Kier molecular flexibility index (Phi) is 17.4. The molecular formula is C27H44O5. The van der Waals surface area contributed by atoms with Crippen LogP contribution in [0.25, 0.3) is 0 Å². The molecule has 1 rings (SSSR count). The van der Waals surface area contributed by atoms with Gasteiger partial charge in [0, 0.05) is 20.0 Å².